The average Bonchev–Trinajstić information content (AvgIpc) is 3.17. The number of hydrogen-bond donors (Lipinski definition) is 1. The van der Waals surface area contributed by atoms with Crippen LogP contribution in [-0.4, -0.2) is 40.8 Å². The van der Waals surface area contributed by atoms with Crippen molar-refractivity contribution in [1.82, 2.24) is 14.9 Å². The second-order valence-corrected chi connectivity index (χ2v) is 7.64. The maximum Gasteiger partial charge on any atom is 0.216 e. The Labute approximate surface area is 189 Å². The predicted molar refractivity (Wildman–Crippen MR) is 131 cm³/mol. The molecule has 0 aliphatic rings. The Morgan fingerprint density at radius 3 is 2.39 bits per heavy atom. The maximum atomic E-state index is 5.77. The van der Waals surface area contributed by atoms with Gasteiger partial charge in [-0.2, -0.15) is 14.9 Å². The van der Waals surface area contributed by atoms with Crippen molar-refractivity contribution >= 4 is 24.1 Å². The summed E-state index contributed by atoms with van der Waals surface area (Å²) in [5.41, 5.74) is 3.11. The van der Waals surface area contributed by atoms with Crippen LogP contribution < -0.4 is 9.64 Å². The standard InChI is InChI=1S/C24H31N5OS/c1-4-7-8-17-30-22-15-9-19(10-16-22)18-25-29-23(26-27-24(29)31)20-11-13-21(14-12-20)28(5-2)6-3/h9-16,18H,4-8,17H2,1-3H3,(H,27,31). The highest BCUT2D eigenvalue weighted by Crippen LogP contribution is 2.22. The highest BCUT2D eigenvalue weighted by molar-refractivity contribution is 7.71. The van der Waals surface area contributed by atoms with E-state index in [0.29, 0.717) is 10.6 Å². The van der Waals surface area contributed by atoms with Crippen molar-refractivity contribution in [3.8, 4) is 17.1 Å². The first-order valence-electron chi connectivity index (χ1n) is 11.0. The van der Waals surface area contributed by atoms with Gasteiger partial charge < -0.3 is 9.64 Å². The molecule has 31 heavy (non-hydrogen) atoms. The topological polar surface area (TPSA) is 58.4 Å². The summed E-state index contributed by atoms with van der Waals surface area (Å²) in [6, 6.07) is 16.2. The van der Waals surface area contributed by atoms with E-state index in [9.17, 15) is 0 Å². The molecule has 6 nitrogen and oxygen atoms in total. The molecule has 3 aromatic rings. The summed E-state index contributed by atoms with van der Waals surface area (Å²) >= 11 is 5.39. The summed E-state index contributed by atoms with van der Waals surface area (Å²) in [5, 5.41) is 11.8. The highest BCUT2D eigenvalue weighted by Gasteiger charge is 2.09. The SMILES string of the molecule is CCCCCOc1ccc(C=Nn2c(-c3ccc(N(CC)CC)cc3)n[nH]c2=S)cc1. The van der Waals surface area contributed by atoms with E-state index in [1.165, 1.54) is 18.5 Å². The molecule has 0 unspecified atom stereocenters. The number of nitrogens with zero attached hydrogens (tertiary/aromatic N) is 4. The number of anilines is 1. The quantitative estimate of drug-likeness (QED) is 0.230. The minimum absolute atomic E-state index is 0.454. The van der Waals surface area contributed by atoms with Crippen molar-refractivity contribution in [3.05, 3.63) is 58.9 Å². The Morgan fingerprint density at radius 2 is 1.74 bits per heavy atom. The van der Waals surface area contributed by atoms with Crippen LogP contribution in [-0.2, 0) is 0 Å². The van der Waals surface area contributed by atoms with Crippen LogP contribution in [0, 0.1) is 4.77 Å². The second kappa shape index (κ2) is 11.5. The minimum atomic E-state index is 0.454. The van der Waals surface area contributed by atoms with Gasteiger partial charge in [-0.15, -0.1) is 0 Å². The van der Waals surface area contributed by atoms with Crippen LogP contribution in [0.2, 0.25) is 0 Å². The van der Waals surface area contributed by atoms with Crippen molar-refractivity contribution < 1.29 is 4.74 Å². The lowest BCUT2D eigenvalue weighted by Crippen LogP contribution is -2.21. The Balaban J connectivity index is 1.72. The molecule has 0 radical (unpaired) electrons. The molecular weight excluding hydrogens is 406 g/mol. The van der Waals surface area contributed by atoms with Gasteiger partial charge in [0.1, 0.15) is 5.75 Å². The number of ether oxygens (including phenoxy) is 1. The fourth-order valence-electron chi connectivity index (χ4n) is 3.31. The third-order valence-corrected chi connectivity index (χ3v) is 5.39. The van der Waals surface area contributed by atoms with E-state index in [2.05, 4.69) is 65.2 Å². The van der Waals surface area contributed by atoms with Crippen LogP contribution in [0.15, 0.2) is 53.6 Å². The Hall–Kier alpha value is -2.93. The molecule has 0 aliphatic carbocycles. The van der Waals surface area contributed by atoms with Crippen LogP contribution in [0.1, 0.15) is 45.6 Å². The normalized spacial score (nSPS) is 11.2. The number of benzene rings is 2. The van der Waals surface area contributed by atoms with Crippen LogP contribution in [0.25, 0.3) is 11.4 Å². The summed E-state index contributed by atoms with van der Waals surface area (Å²) in [6.45, 7) is 9.20. The van der Waals surface area contributed by atoms with Gasteiger partial charge in [0.25, 0.3) is 0 Å². The predicted octanol–water partition coefficient (Wildman–Crippen LogP) is 5.91. The number of unbranched alkanes of at least 4 members (excludes halogenated alkanes) is 2. The number of aromatic amines is 1. The third-order valence-electron chi connectivity index (χ3n) is 5.12. The van der Waals surface area contributed by atoms with E-state index >= 15 is 0 Å². The zero-order chi connectivity index (χ0) is 22.1. The van der Waals surface area contributed by atoms with Gasteiger partial charge in [-0.05, 0) is 86.6 Å². The van der Waals surface area contributed by atoms with Crippen molar-refractivity contribution in [2.75, 3.05) is 24.6 Å². The molecule has 1 N–H and O–H groups in total. The fraction of sp³-hybridized carbons (Fsp3) is 0.375. The van der Waals surface area contributed by atoms with Crippen molar-refractivity contribution in [3.63, 3.8) is 0 Å². The molecule has 2 aromatic carbocycles. The monoisotopic (exact) mass is 437 g/mol. The maximum absolute atomic E-state index is 5.77. The number of rotatable bonds is 11. The van der Waals surface area contributed by atoms with Crippen LogP contribution in [0.4, 0.5) is 5.69 Å². The van der Waals surface area contributed by atoms with Gasteiger partial charge in [0.05, 0.1) is 12.8 Å². The summed E-state index contributed by atoms with van der Waals surface area (Å²) in [6.07, 6.45) is 5.24. The molecule has 0 amide bonds. The molecule has 0 bridgehead atoms. The van der Waals surface area contributed by atoms with Gasteiger partial charge in [-0.25, -0.2) is 5.10 Å². The molecule has 0 fully saturated rings. The number of H-pyrrole nitrogens is 1. The van der Waals surface area contributed by atoms with Crippen LogP contribution in [0.3, 0.4) is 0 Å². The summed E-state index contributed by atoms with van der Waals surface area (Å²) in [7, 11) is 0. The van der Waals surface area contributed by atoms with E-state index in [-0.39, 0.29) is 0 Å². The summed E-state index contributed by atoms with van der Waals surface area (Å²) < 4.78 is 7.87. The summed E-state index contributed by atoms with van der Waals surface area (Å²) in [4.78, 5) is 2.30. The molecule has 1 aromatic heterocycles. The van der Waals surface area contributed by atoms with E-state index in [1.807, 2.05) is 24.3 Å². The Kier molecular flexibility index (Phi) is 8.41. The van der Waals surface area contributed by atoms with E-state index in [0.717, 1.165) is 43.0 Å². The second-order valence-electron chi connectivity index (χ2n) is 7.25. The smallest absolute Gasteiger partial charge is 0.216 e. The number of hydrogen-bond acceptors (Lipinski definition) is 5. The van der Waals surface area contributed by atoms with Gasteiger partial charge in [0.2, 0.25) is 4.77 Å². The zero-order valence-corrected chi connectivity index (χ0v) is 19.4. The Bertz CT molecular complexity index is 1020. The first-order valence-corrected chi connectivity index (χ1v) is 11.4. The molecule has 0 atom stereocenters. The molecular formula is C24H31N5OS. The minimum Gasteiger partial charge on any atom is -0.494 e. The van der Waals surface area contributed by atoms with Crippen molar-refractivity contribution in [1.29, 1.82) is 0 Å². The van der Waals surface area contributed by atoms with E-state index in [4.69, 9.17) is 17.0 Å². The zero-order valence-electron chi connectivity index (χ0n) is 18.5. The molecule has 3 rings (SSSR count). The fourth-order valence-corrected chi connectivity index (χ4v) is 3.49. The lowest BCUT2D eigenvalue weighted by molar-refractivity contribution is 0.306. The Morgan fingerprint density at radius 1 is 1.03 bits per heavy atom. The molecule has 0 saturated heterocycles. The number of nitrogens with one attached hydrogen (secondary N) is 1. The lowest BCUT2D eigenvalue weighted by Gasteiger charge is -2.20. The molecule has 7 heteroatoms. The molecule has 0 saturated carbocycles. The van der Waals surface area contributed by atoms with Crippen LogP contribution in [0.5, 0.6) is 5.75 Å². The van der Waals surface area contributed by atoms with Gasteiger partial charge in [-0.1, -0.05) is 19.8 Å². The molecule has 0 aliphatic heterocycles. The van der Waals surface area contributed by atoms with Gasteiger partial charge in [0.15, 0.2) is 5.82 Å². The van der Waals surface area contributed by atoms with Gasteiger partial charge in [0, 0.05) is 24.3 Å². The van der Waals surface area contributed by atoms with Gasteiger partial charge >= 0.3 is 0 Å². The third kappa shape index (κ3) is 6.04. The van der Waals surface area contributed by atoms with Crippen molar-refractivity contribution in [2.24, 2.45) is 5.10 Å². The molecule has 0 spiro atoms. The number of aromatic nitrogens is 3. The van der Waals surface area contributed by atoms with E-state index in [1.54, 1.807) is 10.9 Å². The van der Waals surface area contributed by atoms with E-state index < -0.39 is 0 Å². The lowest BCUT2D eigenvalue weighted by atomic mass is 10.2. The molecule has 1 heterocycles. The summed E-state index contributed by atoms with van der Waals surface area (Å²) in [5.74, 6) is 1.56. The first kappa shape index (κ1) is 22.7. The molecule has 164 valence electrons. The average molecular weight is 438 g/mol. The van der Waals surface area contributed by atoms with Gasteiger partial charge in [-0.3, -0.25) is 0 Å². The van der Waals surface area contributed by atoms with Crippen molar-refractivity contribution in [2.45, 2.75) is 40.0 Å². The highest BCUT2D eigenvalue weighted by atomic mass is 32.1. The largest absolute Gasteiger partial charge is 0.494 e. The first-order chi connectivity index (χ1) is 15.2. The van der Waals surface area contributed by atoms with Crippen LogP contribution >= 0.6 is 12.2 Å².